The van der Waals surface area contributed by atoms with Gasteiger partial charge in [0.15, 0.2) is 15.7 Å². The average Bonchev–Trinajstić information content (AvgIpc) is 3.63. The lowest BCUT2D eigenvalue weighted by atomic mass is 10.0. The summed E-state index contributed by atoms with van der Waals surface area (Å²) in [6.45, 7) is 6.87. The smallest absolute Gasteiger partial charge is 0.261 e. The van der Waals surface area contributed by atoms with E-state index in [-0.39, 0.29) is 27.8 Å². The summed E-state index contributed by atoms with van der Waals surface area (Å²) in [5.74, 6) is -1.54. The summed E-state index contributed by atoms with van der Waals surface area (Å²) < 4.78 is 41.2. The first kappa shape index (κ1) is 26.5. The fourth-order valence-corrected chi connectivity index (χ4v) is 6.05. The quantitative estimate of drug-likeness (QED) is 0.374. The summed E-state index contributed by atoms with van der Waals surface area (Å²) in [5, 5.41) is 0. The molecule has 1 aliphatic rings. The first-order chi connectivity index (χ1) is 17.4. The fraction of sp³-hybridized carbons (Fsp3) is 0.310. The molecule has 6 nitrogen and oxygen atoms in total. The van der Waals surface area contributed by atoms with Crippen molar-refractivity contribution in [2.45, 2.75) is 51.0 Å². The summed E-state index contributed by atoms with van der Waals surface area (Å²) in [6.07, 6.45) is 1.83. The van der Waals surface area contributed by atoms with Crippen LogP contribution in [0.15, 0.2) is 77.7 Å². The molecule has 0 unspecified atom stereocenters. The van der Waals surface area contributed by atoms with E-state index in [1.165, 1.54) is 54.3 Å². The Morgan fingerprint density at radius 2 is 1.51 bits per heavy atom. The second-order valence-corrected chi connectivity index (χ2v) is 12.4. The van der Waals surface area contributed by atoms with Crippen molar-refractivity contribution in [2.75, 3.05) is 15.6 Å². The maximum atomic E-state index is 16.0. The molecular weight excluding hydrogens is 491 g/mol. The van der Waals surface area contributed by atoms with Gasteiger partial charge in [0, 0.05) is 23.8 Å². The van der Waals surface area contributed by atoms with Crippen LogP contribution in [-0.2, 0) is 14.6 Å². The number of hydrogen-bond donors (Lipinski definition) is 0. The first-order valence-corrected chi connectivity index (χ1v) is 13.9. The predicted molar refractivity (Wildman–Crippen MR) is 143 cm³/mol. The number of benzene rings is 3. The van der Waals surface area contributed by atoms with Crippen LogP contribution in [0.2, 0.25) is 0 Å². The molecule has 0 saturated heterocycles. The van der Waals surface area contributed by atoms with Gasteiger partial charge in [-0.05, 0) is 88.1 Å². The van der Waals surface area contributed by atoms with Crippen molar-refractivity contribution >= 4 is 38.7 Å². The molecule has 0 aromatic heterocycles. The van der Waals surface area contributed by atoms with E-state index < -0.39 is 33.0 Å². The zero-order chi connectivity index (χ0) is 27.0. The lowest BCUT2D eigenvalue weighted by molar-refractivity contribution is -0.115. The molecular formula is C29H31FN2O4S. The van der Waals surface area contributed by atoms with Gasteiger partial charge in [-0.2, -0.15) is 0 Å². The van der Waals surface area contributed by atoms with Crippen molar-refractivity contribution in [2.24, 2.45) is 5.92 Å². The third-order valence-corrected chi connectivity index (χ3v) is 8.16. The molecule has 8 heteroatoms. The van der Waals surface area contributed by atoms with E-state index in [1.54, 1.807) is 24.3 Å². The van der Waals surface area contributed by atoms with Gasteiger partial charge in [0.2, 0.25) is 5.91 Å². The van der Waals surface area contributed by atoms with Crippen LogP contribution in [-0.4, -0.2) is 31.5 Å². The summed E-state index contributed by atoms with van der Waals surface area (Å²) >= 11 is 0. The molecule has 0 aliphatic heterocycles. The number of nitrogens with zero attached hydrogens (tertiary/aromatic N) is 2. The van der Waals surface area contributed by atoms with Gasteiger partial charge >= 0.3 is 0 Å². The molecule has 1 fully saturated rings. The van der Waals surface area contributed by atoms with Gasteiger partial charge in [-0.1, -0.05) is 24.3 Å². The Morgan fingerprint density at radius 1 is 0.892 bits per heavy atom. The van der Waals surface area contributed by atoms with E-state index in [2.05, 4.69) is 0 Å². The number of carbonyl (C=O) groups is 2. The summed E-state index contributed by atoms with van der Waals surface area (Å²) in [4.78, 5) is 29.2. The highest BCUT2D eigenvalue weighted by atomic mass is 32.2. The minimum absolute atomic E-state index is 0.0890. The highest BCUT2D eigenvalue weighted by Crippen LogP contribution is 2.35. The van der Waals surface area contributed by atoms with Gasteiger partial charge < -0.3 is 4.90 Å². The summed E-state index contributed by atoms with van der Waals surface area (Å²) in [7, 11) is -3.43. The SMILES string of the molecule is CC(=O)N(c1ccc(S(=O)(=O)CC2CC2)cc1)c1cccc(C(=O)N(c2ccccc2)C(C)(C)C)c1F. The average molecular weight is 523 g/mol. The number of anilines is 3. The van der Waals surface area contributed by atoms with E-state index in [0.717, 1.165) is 17.7 Å². The highest BCUT2D eigenvalue weighted by Gasteiger charge is 2.33. The molecule has 194 valence electrons. The maximum Gasteiger partial charge on any atom is 0.261 e. The van der Waals surface area contributed by atoms with Crippen molar-refractivity contribution in [3.8, 4) is 0 Å². The minimum Gasteiger partial charge on any atom is -0.303 e. The lowest BCUT2D eigenvalue weighted by Crippen LogP contribution is -2.46. The van der Waals surface area contributed by atoms with E-state index in [1.807, 2.05) is 26.8 Å². The molecule has 0 spiro atoms. The molecule has 1 aliphatic carbocycles. The van der Waals surface area contributed by atoms with Crippen LogP contribution in [0.25, 0.3) is 0 Å². The molecule has 4 rings (SSSR count). The van der Waals surface area contributed by atoms with Gasteiger partial charge in [-0.25, -0.2) is 12.8 Å². The molecule has 3 aromatic rings. The van der Waals surface area contributed by atoms with Gasteiger partial charge in [0.25, 0.3) is 5.91 Å². The fourth-order valence-electron chi connectivity index (χ4n) is 4.35. The highest BCUT2D eigenvalue weighted by molar-refractivity contribution is 7.91. The number of halogens is 1. The Balaban J connectivity index is 1.72. The second-order valence-electron chi connectivity index (χ2n) is 10.4. The van der Waals surface area contributed by atoms with Crippen molar-refractivity contribution in [1.82, 2.24) is 0 Å². The van der Waals surface area contributed by atoms with Crippen LogP contribution in [0, 0.1) is 11.7 Å². The van der Waals surface area contributed by atoms with Gasteiger partial charge in [0.1, 0.15) is 0 Å². The Bertz CT molecular complexity index is 1410. The normalized spacial score (nSPS) is 13.8. The molecule has 0 atom stereocenters. The van der Waals surface area contributed by atoms with Crippen LogP contribution >= 0.6 is 0 Å². The molecule has 0 radical (unpaired) electrons. The minimum atomic E-state index is -3.43. The van der Waals surface area contributed by atoms with Crippen molar-refractivity contribution in [1.29, 1.82) is 0 Å². The number of rotatable bonds is 7. The van der Waals surface area contributed by atoms with Crippen LogP contribution in [0.1, 0.15) is 50.9 Å². The van der Waals surface area contributed by atoms with E-state index in [4.69, 9.17) is 0 Å². The molecule has 3 aromatic carbocycles. The number of carbonyl (C=O) groups excluding carboxylic acids is 2. The van der Waals surface area contributed by atoms with Gasteiger partial charge in [-0.15, -0.1) is 0 Å². The monoisotopic (exact) mass is 522 g/mol. The second kappa shape index (κ2) is 10.1. The standard InChI is InChI=1S/C29H31FN2O4S/c1-20(33)31(22-15-17-24(18-16-22)37(35,36)19-21-13-14-21)26-12-8-11-25(27(26)30)28(34)32(29(2,3)4)23-9-6-5-7-10-23/h5-12,15-18,21H,13-14,19H2,1-4H3. The summed E-state index contributed by atoms with van der Waals surface area (Å²) in [6, 6.07) is 19.2. The van der Waals surface area contributed by atoms with E-state index >= 15 is 4.39 Å². The zero-order valence-corrected chi connectivity index (χ0v) is 22.3. The van der Waals surface area contributed by atoms with Crippen LogP contribution in [0.3, 0.4) is 0 Å². The number of amides is 2. The van der Waals surface area contributed by atoms with Crippen LogP contribution in [0.5, 0.6) is 0 Å². The lowest BCUT2D eigenvalue weighted by Gasteiger charge is -2.36. The Morgan fingerprint density at radius 3 is 2.05 bits per heavy atom. The Hall–Kier alpha value is -3.52. The molecule has 1 saturated carbocycles. The molecule has 37 heavy (non-hydrogen) atoms. The molecule has 2 amide bonds. The predicted octanol–water partition coefficient (Wildman–Crippen LogP) is 6.14. The van der Waals surface area contributed by atoms with E-state index in [9.17, 15) is 18.0 Å². The maximum absolute atomic E-state index is 16.0. The van der Waals surface area contributed by atoms with Crippen LogP contribution in [0.4, 0.5) is 21.5 Å². The van der Waals surface area contributed by atoms with Crippen LogP contribution < -0.4 is 9.80 Å². The van der Waals surface area contributed by atoms with Crippen molar-refractivity contribution in [3.05, 3.63) is 84.2 Å². The number of para-hydroxylation sites is 1. The Labute approximate surface area is 217 Å². The number of sulfone groups is 1. The van der Waals surface area contributed by atoms with Crippen molar-refractivity contribution < 1.29 is 22.4 Å². The van der Waals surface area contributed by atoms with Crippen molar-refractivity contribution in [3.63, 3.8) is 0 Å². The Kier molecular flexibility index (Phi) is 7.24. The number of hydrogen-bond acceptors (Lipinski definition) is 4. The summed E-state index contributed by atoms with van der Waals surface area (Å²) in [5.41, 5.74) is 0.0106. The van der Waals surface area contributed by atoms with Gasteiger partial charge in [-0.3, -0.25) is 14.5 Å². The molecule has 0 N–H and O–H groups in total. The zero-order valence-electron chi connectivity index (χ0n) is 21.4. The molecule has 0 bridgehead atoms. The largest absolute Gasteiger partial charge is 0.303 e. The third kappa shape index (κ3) is 5.74. The topological polar surface area (TPSA) is 74.8 Å². The third-order valence-electron chi connectivity index (χ3n) is 6.26. The van der Waals surface area contributed by atoms with E-state index in [0.29, 0.717) is 11.4 Å². The van der Waals surface area contributed by atoms with Gasteiger partial charge in [0.05, 0.1) is 21.9 Å². The molecule has 0 heterocycles. The first-order valence-electron chi connectivity index (χ1n) is 12.2.